The number of nitrogens with zero attached hydrogens (tertiary/aromatic N) is 1. The molecule has 1 heterocycles. The van der Waals surface area contributed by atoms with Crippen molar-refractivity contribution in [2.45, 2.75) is 58.4 Å². The molecule has 0 amide bonds. The fourth-order valence-corrected chi connectivity index (χ4v) is 5.14. The van der Waals surface area contributed by atoms with E-state index in [9.17, 15) is 0 Å². The third-order valence-corrected chi connectivity index (χ3v) is 7.12. The summed E-state index contributed by atoms with van der Waals surface area (Å²) in [5.74, 6) is 3.37. The normalized spacial score (nSPS) is 21.7. The molecule has 4 nitrogen and oxygen atoms in total. The Balaban J connectivity index is 1.50. The van der Waals surface area contributed by atoms with Gasteiger partial charge in [-0.25, -0.2) is 0 Å². The number of hydrogen-bond acceptors (Lipinski definition) is 3. The third-order valence-electron chi connectivity index (χ3n) is 6.71. The summed E-state index contributed by atoms with van der Waals surface area (Å²) < 4.78 is 11.0. The number of thiocarbonyl (C=S) groups is 1. The SMILES string of the molecule is CC1c2cc(-c3ccc4c(c3)OCO4)ccc2C(CCN(C)C(=S)NC(C)(C)C)C1C. The van der Waals surface area contributed by atoms with Gasteiger partial charge >= 0.3 is 0 Å². The zero-order valence-corrected chi connectivity index (χ0v) is 20.3. The van der Waals surface area contributed by atoms with Gasteiger partial charge in [0.1, 0.15) is 0 Å². The monoisotopic (exact) mass is 438 g/mol. The molecule has 1 N–H and O–H groups in total. The minimum absolute atomic E-state index is 0.0156. The van der Waals surface area contributed by atoms with Crippen molar-refractivity contribution in [3.8, 4) is 22.6 Å². The van der Waals surface area contributed by atoms with Crippen LogP contribution in [0.3, 0.4) is 0 Å². The summed E-state index contributed by atoms with van der Waals surface area (Å²) in [6, 6.07) is 13.2. The van der Waals surface area contributed by atoms with Gasteiger partial charge in [-0.1, -0.05) is 38.1 Å². The molecule has 0 spiro atoms. The van der Waals surface area contributed by atoms with Gasteiger partial charge in [0.15, 0.2) is 16.6 Å². The van der Waals surface area contributed by atoms with E-state index in [-0.39, 0.29) is 5.54 Å². The van der Waals surface area contributed by atoms with Crippen LogP contribution in [0.1, 0.15) is 64.0 Å². The standard InChI is InChI=1S/C26H34N2O2S/c1-16-17(2)22-13-18(19-8-10-23-24(14-19)30-15-29-23)7-9-21(22)20(16)11-12-28(6)25(31)27-26(3,4)5/h7-10,13-14,16-17,20H,11-12,15H2,1-6H3,(H,27,31). The second kappa shape index (κ2) is 8.34. The van der Waals surface area contributed by atoms with Gasteiger partial charge in [0, 0.05) is 19.1 Å². The quantitative estimate of drug-likeness (QED) is 0.600. The summed E-state index contributed by atoms with van der Waals surface area (Å²) in [6.07, 6.45) is 1.10. The highest BCUT2D eigenvalue weighted by atomic mass is 32.1. The van der Waals surface area contributed by atoms with Crippen LogP contribution in [-0.4, -0.2) is 35.9 Å². The molecular formula is C26H34N2O2S. The van der Waals surface area contributed by atoms with Gasteiger partial charge in [-0.15, -0.1) is 0 Å². The predicted molar refractivity (Wildman–Crippen MR) is 131 cm³/mol. The van der Waals surface area contributed by atoms with E-state index in [1.807, 2.05) is 6.07 Å². The molecule has 0 saturated carbocycles. The smallest absolute Gasteiger partial charge is 0.231 e. The zero-order valence-electron chi connectivity index (χ0n) is 19.5. The van der Waals surface area contributed by atoms with Crippen molar-refractivity contribution in [3.63, 3.8) is 0 Å². The second-order valence-electron chi connectivity index (χ2n) is 10.1. The molecule has 4 rings (SSSR count). The van der Waals surface area contributed by atoms with Crippen LogP contribution >= 0.6 is 12.2 Å². The summed E-state index contributed by atoms with van der Waals surface area (Å²) in [6.45, 7) is 12.4. The highest BCUT2D eigenvalue weighted by molar-refractivity contribution is 7.80. The van der Waals surface area contributed by atoms with Gasteiger partial charge in [-0.2, -0.15) is 0 Å². The Kier molecular flexibility index (Phi) is 5.91. The summed E-state index contributed by atoms with van der Waals surface area (Å²) in [7, 11) is 2.09. The highest BCUT2D eigenvalue weighted by Crippen LogP contribution is 2.49. The first kappa shape index (κ1) is 21.9. The van der Waals surface area contributed by atoms with Gasteiger partial charge in [-0.05, 0) is 91.6 Å². The Morgan fingerprint density at radius 2 is 1.71 bits per heavy atom. The molecule has 166 valence electrons. The molecule has 0 bridgehead atoms. The molecule has 0 radical (unpaired) electrons. The van der Waals surface area contributed by atoms with E-state index in [0.29, 0.717) is 24.5 Å². The van der Waals surface area contributed by atoms with Gasteiger partial charge in [0.2, 0.25) is 6.79 Å². The lowest BCUT2D eigenvalue weighted by Gasteiger charge is -2.30. The molecule has 2 aromatic carbocycles. The fraction of sp³-hybridized carbons (Fsp3) is 0.500. The van der Waals surface area contributed by atoms with Crippen LogP contribution in [0.2, 0.25) is 0 Å². The lowest BCUT2D eigenvalue weighted by molar-refractivity contribution is 0.174. The Morgan fingerprint density at radius 1 is 1.03 bits per heavy atom. The molecule has 3 unspecified atom stereocenters. The zero-order chi connectivity index (χ0) is 22.3. The van der Waals surface area contributed by atoms with E-state index >= 15 is 0 Å². The van der Waals surface area contributed by atoms with Crippen LogP contribution in [0.4, 0.5) is 0 Å². The molecule has 0 saturated heterocycles. The number of nitrogens with one attached hydrogen (secondary N) is 1. The first-order valence-corrected chi connectivity index (χ1v) is 11.6. The fourth-order valence-electron chi connectivity index (χ4n) is 4.75. The van der Waals surface area contributed by atoms with E-state index in [1.54, 1.807) is 0 Å². The molecule has 1 aliphatic carbocycles. The number of benzene rings is 2. The largest absolute Gasteiger partial charge is 0.454 e. The Hall–Kier alpha value is -2.27. The third kappa shape index (κ3) is 4.52. The highest BCUT2D eigenvalue weighted by Gasteiger charge is 2.35. The second-order valence-corrected chi connectivity index (χ2v) is 10.4. The van der Waals surface area contributed by atoms with Crippen LogP contribution in [0.15, 0.2) is 36.4 Å². The average molecular weight is 439 g/mol. The van der Waals surface area contributed by atoms with E-state index < -0.39 is 0 Å². The summed E-state index contributed by atoms with van der Waals surface area (Å²) in [5, 5.41) is 4.24. The van der Waals surface area contributed by atoms with E-state index in [0.717, 1.165) is 29.6 Å². The minimum Gasteiger partial charge on any atom is -0.454 e. The maximum Gasteiger partial charge on any atom is 0.231 e. The van der Waals surface area contributed by atoms with E-state index in [4.69, 9.17) is 21.7 Å². The van der Waals surface area contributed by atoms with Gasteiger partial charge in [-0.3, -0.25) is 0 Å². The molecule has 0 fully saturated rings. The van der Waals surface area contributed by atoms with Crippen LogP contribution < -0.4 is 14.8 Å². The van der Waals surface area contributed by atoms with Gasteiger partial charge in [0.25, 0.3) is 0 Å². The molecule has 1 aliphatic heterocycles. The number of hydrogen-bond donors (Lipinski definition) is 1. The molecule has 2 aromatic rings. The lowest BCUT2D eigenvalue weighted by atomic mass is 9.87. The molecular weight excluding hydrogens is 404 g/mol. The van der Waals surface area contributed by atoms with Crippen molar-refractivity contribution in [1.29, 1.82) is 0 Å². The van der Waals surface area contributed by atoms with Gasteiger partial charge < -0.3 is 19.7 Å². The van der Waals surface area contributed by atoms with Gasteiger partial charge in [0.05, 0.1) is 0 Å². The summed E-state index contributed by atoms with van der Waals surface area (Å²) >= 11 is 5.60. The van der Waals surface area contributed by atoms with E-state index in [1.165, 1.54) is 22.3 Å². The number of rotatable bonds is 4. The van der Waals surface area contributed by atoms with Crippen molar-refractivity contribution in [2.24, 2.45) is 5.92 Å². The Bertz CT molecular complexity index is 982. The van der Waals surface area contributed by atoms with Crippen molar-refractivity contribution in [2.75, 3.05) is 20.4 Å². The summed E-state index contributed by atoms with van der Waals surface area (Å²) in [4.78, 5) is 2.18. The van der Waals surface area contributed by atoms with Crippen molar-refractivity contribution >= 4 is 17.3 Å². The van der Waals surface area contributed by atoms with Crippen LogP contribution in [0.25, 0.3) is 11.1 Å². The Morgan fingerprint density at radius 3 is 2.45 bits per heavy atom. The first-order valence-electron chi connectivity index (χ1n) is 11.2. The van der Waals surface area contributed by atoms with Crippen LogP contribution in [0.5, 0.6) is 11.5 Å². The maximum absolute atomic E-state index is 5.60. The lowest BCUT2D eigenvalue weighted by Crippen LogP contribution is -2.47. The van der Waals surface area contributed by atoms with Crippen molar-refractivity contribution in [1.82, 2.24) is 10.2 Å². The average Bonchev–Trinajstić information content (AvgIpc) is 3.27. The minimum atomic E-state index is -0.0156. The number of fused-ring (bicyclic) bond motifs is 2. The predicted octanol–water partition coefficient (Wildman–Crippen LogP) is 5.91. The topological polar surface area (TPSA) is 33.7 Å². The van der Waals surface area contributed by atoms with Crippen LogP contribution in [-0.2, 0) is 0 Å². The molecule has 0 aromatic heterocycles. The first-order chi connectivity index (χ1) is 14.6. The van der Waals surface area contributed by atoms with E-state index in [2.05, 4.69) is 82.2 Å². The molecule has 3 atom stereocenters. The van der Waals surface area contributed by atoms with Crippen molar-refractivity contribution < 1.29 is 9.47 Å². The summed E-state index contributed by atoms with van der Waals surface area (Å²) in [5.41, 5.74) is 5.37. The maximum atomic E-state index is 5.60. The van der Waals surface area contributed by atoms with Crippen LogP contribution in [0, 0.1) is 5.92 Å². The number of ether oxygens (including phenoxy) is 2. The molecule has 31 heavy (non-hydrogen) atoms. The van der Waals surface area contributed by atoms with Crippen molar-refractivity contribution in [3.05, 3.63) is 47.5 Å². The molecule has 5 heteroatoms. The molecule has 2 aliphatic rings. The Labute approximate surface area is 191 Å².